The molecule has 21 heavy (non-hydrogen) atoms. The number of hydrogen-bond acceptors (Lipinski definition) is 1. The summed E-state index contributed by atoms with van der Waals surface area (Å²) in [5.41, 5.74) is 3.19. The summed E-state index contributed by atoms with van der Waals surface area (Å²) in [6, 6.07) is 10.2. The highest BCUT2D eigenvalue weighted by Gasteiger charge is 2.25. The van der Waals surface area contributed by atoms with E-state index in [0.717, 1.165) is 18.5 Å². The van der Waals surface area contributed by atoms with Gasteiger partial charge in [0.25, 0.3) is 0 Å². The normalized spacial score (nSPS) is 18.5. The van der Waals surface area contributed by atoms with Crippen LogP contribution >= 0.6 is 0 Å². The Morgan fingerprint density at radius 2 is 1.76 bits per heavy atom. The predicted octanol–water partition coefficient (Wildman–Crippen LogP) is 5.26. The fourth-order valence-corrected chi connectivity index (χ4v) is 3.12. The van der Waals surface area contributed by atoms with Crippen molar-refractivity contribution in [3.8, 4) is 0 Å². The van der Waals surface area contributed by atoms with E-state index in [1.165, 1.54) is 36.8 Å². The molecule has 1 heteroatoms. The first-order chi connectivity index (χ1) is 9.91. The summed E-state index contributed by atoms with van der Waals surface area (Å²) in [7, 11) is 0. The molecule has 1 aromatic rings. The first kappa shape index (κ1) is 16.5. The van der Waals surface area contributed by atoms with Gasteiger partial charge in [-0.15, -0.1) is 0 Å². The molecule has 0 amide bonds. The lowest BCUT2D eigenvalue weighted by Gasteiger charge is -2.26. The Balaban J connectivity index is 2.10. The van der Waals surface area contributed by atoms with Crippen LogP contribution in [0.15, 0.2) is 24.3 Å². The molecule has 0 bridgehead atoms. The van der Waals surface area contributed by atoms with E-state index in [9.17, 15) is 0 Å². The van der Waals surface area contributed by atoms with Gasteiger partial charge in [-0.05, 0) is 41.2 Å². The molecule has 1 nitrogen and oxygen atoms in total. The van der Waals surface area contributed by atoms with Crippen molar-refractivity contribution in [3.05, 3.63) is 35.4 Å². The number of rotatable bonds is 7. The van der Waals surface area contributed by atoms with Gasteiger partial charge in [-0.3, -0.25) is 0 Å². The van der Waals surface area contributed by atoms with Crippen molar-refractivity contribution in [2.24, 2.45) is 5.92 Å². The quantitative estimate of drug-likeness (QED) is 0.721. The second kappa shape index (κ2) is 6.96. The molecule has 0 heterocycles. The van der Waals surface area contributed by atoms with Gasteiger partial charge in [0.15, 0.2) is 0 Å². The van der Waals surface area contributed by atoms with Crippen LogP contribution in [0.3, 0.4) is 0 Å². The minimum Gasteiger partial charge on any atom is -0.313 e. The fraction of sp³-hybridized carbons (Fsp3) is 0.700. The topological polar surface area (TPSA) is 12.0 Å². The average molecular weight is 287 g/mol. The third-order valence-corrected chi connectivity index (χ3v) is 4.84. The van der Waals surface area contributed by atoms with E-state index in [1.807, 2.05) is 0 Å². The highest BCUT2D eigenvalue weighted by atomic mass is 14.9. The van der Waals surface area contributed by atoms with E-state index >= 15 is 0 Å². The van der Waals surface area contributed by atoms with Gasteiger partial charge in [0.2, 0.25) is 0 Å². The molecule has 0 spiro atoms. The molecule has 1 aliphatic rings. The molecule has 1 aliphatic carbocycles. The molecule has 2 rings (SSSR count). The van der Waals surface area contributed by atoms with Crippen LogP contribution in [0.1, 0.15) is 77.3 Å². The second-order valence-electron chi connectivity index (χ2n) is 7.93. The fourth-order valence-electron chi connectivity index (χ4n) is 3.12. The van der Waals surface area contributed by atoms with Gasteiger partial charge in [0, 0.05) is 12.6 Å². The lowest BCUT2D eigenvalue weighted by atomic mass is 9.81. The Hall–Kier alpha value is -0.820. The summed E-state index contributed by atoms with van der Waals surface area (Å²) >= 11 is 0. The summed E-state index contributed by atoms with van der Waals surface area (Å²) in [6.07, 6.45) is 5.34. The Morgan fingerprint density at radius 3 is 2.24 bits per heavy atom. The maximum absolute atomic E-state index is 3.74. The molecule has 0 saturated heterocycles. The molecule has 1 N–H and O–H groups in total. The van der Waals surface area contributed by atoms with Gasteiger partial charge in [-0.25, -0.2) is 0 Å². The van der Waals surface area contributed by atoms with E-state index in [4.69, 9.17) is 0 Å². The molecule has 1 fully saturated rings. The molecule has 2 unspecified atom stereocenters. The highest BCUT2D eigenvalue weighted by molar-refractivity contribution is 5.30. The number of hydrogen-bond donors (Lipinski definition) is 1. The van der Waals surface area contributed by atoms with Crippen LogP contribution in [0.25, 0.3) is 0 Å². The van der Waals surface area contributed by atoms with Crippen molar-refractivity contribution < 1.29 is 0 Å². The van der Waals surface area contributed by atoms with Crippen LogP contribution in [-0.4, -0.2) is 12.6 Å². The SMILES string of the molecule is CCCC(C)C(CNC1CC1)c1ccc(C(C)(C)C)cc1. The maximum atomic E-state index is 3.74. The largest absolute Gasteiger partial charge is 0.313 e. The molecule has 118 valence electrons. The van der Waals surface area contributed by atoms with E-state index < -0.39 is 0 Å². The summed E-state index contributed by atoms with van der Waals surface area (Å²) < 4.78 is 0. The predicted molar refractivity (Wildman–Crippen MR) is 93.0 cm³/mol. The van der Waals surface area contributed by atoms with Gasteiger partial charge in [-0.1, -0.05) is 71.7 Å². The number of benzene rings is 1. The zero-order chi connectivity index (χ0) is 15.5. The molecular formula is C20H33N. The molecule has 0 aliphatic heterocycles. The van der Waals surface area contributed by atoms with Crippen LogP contribution in [0, 0.1) is 5.92 Å². The van der Waals surface area contributed by atoms with Crippen LogP contribution in [0.4, 0.5) is 0 Å². The molecule has 0 aromatic heterocycles. The van der Waals surface area contributed by atoms with Crippen molar-refractivity contribution in [2.45, 2.75) is 77.7 Å². The molecule has 1 aromatic carbocycles. The van der Waals surface area contributed by atoms with E-state index in [0.29, 0.717) is 5.92 Å². The zero-order valence-corrected chi connectivity index (χ0v) is 14.6. The lowest BCUT2D eigenvalue weighted by Crippen LogP contribution is -2.27. The third-order valence-electron chi connectivity index (χ3n) is 4.84. The molecular weight excluding hydrogens is 254 g/mol. The van der Waals surface area contributed by atoms with E-state index in [2.05, 4.69) is 64.2 Å². The zero-order valence-electron chi connectivity index (χ0n) is 14.6. The Bertz CT molecular complexity index is 422. The Morgan fingerprint density at radius 1 is 1.14 bits per heavy atom. The maximum Gasteiger partial charge on any atom is 0.00684 e. The van der Waals surface area contributed by atoms with E-state index in [1.54, 1.807) is 0 Å². The summed E-state index contributed by atoms with van der Waals surface area (Å²) in [4.78, 5) is 0. The standard InChI is InChI=1S/C20H33N/c1-6-7-15(2)19(14-21-18-12-13-18)16-8-10-17(11-9-16)20(3,4)5/h8-11,15,18-19,21H,6-7,12-14H2,1-5H3. The van der Waals surface area contributed by atoms with Gasteiger partial charge in [0.05, 0.1) is 0 Å². The minimum absolute atomic E-state index is 0.245. The summed E-state index contributed by atoms with van der Waals surface area (Å²) in [5, 5.41) is 3.74. The third kappa shape index (κ3) is 4.85. The van der Waals surface area contributed by atoms with Crippen molar-refractivity contribution in [1.82, 2.24) is 5.32 Å². The lowest BCUT2D eigenvalue weighted by molar-refractivity contribution is 0.402. The van der Waals surface area contributed by atoms with Gasteiger partial charge in [0.1, 0.15) is 0 Å². The van der Waals surface area contributed by atoms with Crippen LogP contribution in [-0.2, 0) is 5.41 Å². The molecule has 0 radical (unpaired) electrons. The smallest absolute Gasteiger partial charge is 0.00684 e. The van der Waals surface area contributed by atoms with Crippen LogP contribution in [0.5, 0.6) is 0 Å². The van der Waals surface area contributed by atoms with Crippen LogP contribution in [0.2, 0.25) is 0 Å². The van der Waals surface area contributed by atoms with Crippen molar-refractivity contribution in [3.63, 3.8) is 0 Å². The van der Waals surface area contributed by atoms with Crippen molar-refractivity contribution in [2.75, 3.05) is 6.54 Å². The Kier molecular flexibility index (Phi) is 5.48. The molecule has 2 atom stereocenters. The van der Waals surface area contributed by atoms with Crippen molar-refractivity contribution in [1.29, 1.82) is 0 Å². The first-order valence-corrected chi connectivity index (χ1v) is 8.75. The van der Waals surface area contributed by atoms with Crippen molar-refractivity contribution >= 4 is 0 Å². The monoisotopic (exact) mass is 287 g/mol. The van der Waals surface area contributed by atoms with E-state index in [-0.39, 0.29) is 5.41 Å². The average Bonchev–Trinajstić information content (AvgIpc) is 3.23. The Labute approximate surface area is 131 Å². The summed E-state index contributed by atoms with van der Waals surface area (Å²) in [6.45, 7) is 12.7. The first-order valence-electron chi connectivity index (χ1n) is 8.75. The van der Waals surface area contributed by atoms with Gasteiger partial charge < -0.3 is 5.32 Å². The van der Waals surface area contributed by atoms with Crippen LogP contribution < -0.4 is 5.32 Å². The number of nitrogens with one attached hydrogen (secondary N) is 1. The van der Waals surface area contributed by atoms with Gasteiger partial charge >= 0.3 is 0 Å². The second-order valence-corrected chi connectivity index (χ2v) is 7.93. The summed E-state index contributed by atoms with van der Waals surface area (Å²) in [5.74, 6) is 1.40. The van der Waals surface area contributed by atoms with Gasteiger partial charge in [-0.2, -0.15) is 0 Å². The minimum atomic E-state index is 0.245. The molecule has 1 saturated carbocycles. The highest BCUT2D eigenvalue weighted by Crippen LogP contribution is 2.31.